The summed E-state index contributed by atoms with van der Waals surface area (Å²) in [5.41, 5.74) is 23.0. The molecule has 0 aliphatic heterocycles. The molecule has 0 amide bonds. The van der Waals surface area contributed by atoms with Gasteiger partial charge in [0.2, 0.25) is 0 Å². The van der Waals surface area contributed by atoms with E-state index in [2.05, 4.69) is 234 Å². The van der Waals surface area contributed by atoms with E-state index in [0.717, 1.165) is 6.42 Å². The molecule has 0 fully saturated rings. The van der Waals surface area contributed by atoms with Gasteiger partial charge in [-0.15, -0.1) is 0 Å². The smallest absolute Gasteiger partial charge is 0.0544 e. The number of benzene rings is 9. The van der Waals surface area contributed by atoms with Crippen LogP contribution in [0.3, 0.4) is 0 Å². The number of rotatable bonds is 4. The predicted octanol–water partition coefficient (Wildman–Crippen LogP) is 15.1. The quantitative estimate of drug-likeness (QED) is 0.168. The Labute approximate surface area is 366 Å². The fourth-order valence-corrected chi connectivity index (χ4v) is 12.1. The third-order valence-electron chi connectivity index (χ3n) is 14.6. The molecular formula is C61H40N2. The molecule has 9 aromatic carbocycles. The highest BCUT2D eigenvalue weighted by atomic mass is 15.0. The lowest BCUT2D eigenvalue weighted by Gasteiger charge is -2.37. The number of para-hydroxylation sites is 2. The summed E-state index contributed by atoms with van der Waals surface area (Å²) < 4.78 is 5.08. The van der Waals surface area contributed by atoms with Crippen LogP contribution in [-0.2, 0) is 11.8 Å². The molecule has 3 aliphatic carbocycles. The molecule has 1 unspecified atom stereocenters. The van der Waals surface area contributed by atoms with Crippen LogP contribution in [0.1, 0.15) is 33.5 Å². The van der Waals surface area contributed by atoms with E-state index < -0.39 is 5.41 Å². The zero-order chi connectivity index (χ0) is 41.2. The molecule has 63 heavy (non-hydrogen) atoms. The summed E-state index contributed by atoms with van der Waals surface area (Å²) in [5, 5.41) is 3.87. The normalized spacial score (nSPS) is 15.3. The van der Waals surface area contributed by atoms with Crippen LogP contribution in [0.2, 0.25) is 0 Å². The minimum Gasteiger partial charge on any atom is -0.313 e. The van der Waals surface area contributed by atoms with Crippen molar-refractivity contribution in [1.29, 1.82) is 0 Å². The minimum absolute atomic E-state index is 0.168. The first-order valence-corrected chi connectivity index (χ1v) is 22.2. The number of fused-ring (bicyclic) bond motifs is 16. The Hall–Kier alpha value is -7.94. The molecular weight excluding hydrogens is 761 g/mol. The van der Waals surface area contributed by atoms with Crippen LogP contribution >= 0.6 is 0 Å². The van der Waals surface area contributed by atoms with E-state index in [1.807, 2.05) is 0 Å². The summed E-state index contributed by atoms with van der Waals surface area (Å²) in [6.07, 6.45) is 3.49. The lowest BCUT2D eigenvalue weighted by molar-refractivity contribution is 0.481. The van der Waals surface area contributed by atoms with Crippen LogP contribution < -0.4 is 0 Å². The summed E-state index contributed by atoms with van der Waals surface area (Å²) in [6, 6.07) is 81.4. The van der Waals surface area contributed by atoms with Crippen molar-refractivity contribution in [1.82, 2.24) is 9.13 Å². The molecule has 1 spiro atoms. The van der Waals surface area contributed by atoms with Gasteiger partial charge in [0.25, 0.3) is 0 Å². The molecule has 2 nitrogen and oxygen atoms in total. The first kappa shape index (κ1) is 34.7. The highest BCUT2D eigenvalue weighted by Crippen LogP contribution is 2.66. The van der Waals surface area contributed by atoms with Crippen molar-refractivity contribution in [2.45, 2.75) is 11.8 Å². The van der Waals surface area contributed by atoms with Gasteiger partial charge in [-0.05, 0) is 122 Å². The van der Waals surface area contributed by atoms with Gasteiger partial charge in [0, 0.05) is 44.7 Å². The summed E-state index contributed by atoms with van der Waals surface area (Å²) in [5.74, 6) is 0.168. The summed E-state index contributed by atoms with van der Waals surface area (Å²) in [4.78, 5) is 0. The summed E-state index contributed by atoms with van der Waals surface area (Å²) in [6.45, 7) is 0. The molecule has 0 radical (unpaired) electrons. The second kappa shape index (κ2) is 13.0. The van der Waals surface area contributed by atoms with Crippen molar-refractivity contribution < 1.29 is 0 Å². The van der Waals surface area contributed by atoms with Gasteiger partial charge >= 0.3 is 0 Å². The molecule has 2 heteroatoms. The van der Waals surface area contributed by atoms with E-state index in [1.165, 1.54) is 117 Å². The average molecular weight is 801 g/mol. The van der Waals surface area contributed by atoms with Crippen LogP contribution in [0.25, 0.3) is 89.1 Å². The Morgan fingerprint density at radius 3 is 1.65 bits per heavy atom. The van der Waals surface area contributed by atoms with Gasteiger partial charge in [0.05, 0.1) is 22.0 Å². The maximum Gasteiger partial charge on any atom is 0.0544 e. The number of hydrogen-bond acceptors (Lipinski definition) is 0. The van der Waals surface area contributed by atoms with Crippen LogP contribution in [0.5, 0.6) is 0 Å². The van der Waals surface area contributed by atoms with Crippen LogP contribution in [-0.4, -0.2) is 9.13 Å². The second-order valence-corrected chi connectivity index (χ2v) is 17.6. The van der Waals surface area contributed by atoms with E-state index in [-0.39, 0.29) is 5.92 Å². The first-order chi connectivity index (χ1) is 31.3. The summed E-state index contributed by atoms with van der Waals surface area (Å²) in [7, 11) is 0. The van der Waals surface area contributed by atoms with Gasteiger partial charge in [-0.25, -0.2) is 0 Å². The molecule has 3 aliphatic rings. The van der Waals surface area contributed by atoms with E-state index in [1.54, 1.807) is 0 Å². The van der Waals surface area contributed by atoms with Gasteiger partial charge < -0.3 is 9.13 Å². The third-order valence-corrected chi connectivity index (χ3v) is 14.6. The molecule has 2 heterocycles. The van der Waals surface area contributed by atoms with Crippen molar-refractivity contribution in [3.05, 3.63) is 252 Å². The Kier molecular flexibility index (Phi) is 7.19. The fourth-order valence-electron chi connectivity index (χ4n) is 12.1. The van der Waals surface area contributed by atoms with E-state index in [0.29, 0.717) is 0 Å². The van der Waals surface area contributed by atoms with Crippen molar-refractivity contribution in [2.75, 3.05) is 0 Å². The Bertz CT molecular complexity index is 3650. The number of nitrogens with zero attached hydrogens (tertiary/aromatic N) is 2. The predicted molar refractivity (Wildman–Crippen MR) is 262 cm³/mol. The Morgan fingerprint density at radius 1 is 0.365 bits per heavy atom. The number of allylic oxidation sites excluding steroid dienone is 1. The molecule has 294 valence electrons. The zero-order valence-electron chi connectivity index (χ0n) is 34.5. The van der Waals surface area contributed by atoms with Gasteiger partial charge in [-0.3, -0.25) is 0 Å². The largest absolute Gasteiger partial charge is 0.313 e. The molecule has 14 rings (SSSR count). The standard InChI is InChI=1S/C61H40N2/c1-3-16-39(17-4-1)41-30-32-43(33-31-41)62-57-28-13-9-24-47(57)51-35-49-50-36-52-48-25-10-14-29-58(48)63(44-21-15-20-42(34-44)40-18-5-2-6-19-40)60(52)38-56(50)61(55(49)37-59(51)62)53-26-11-7-22-45(53)46-23-8-12-27-54(46)61/h1-37,56H,38H2. The second-order valence-electron chi connectivity index (χ2n) is 17.6. The fraction of sp³-hybridized carbons (Fsp3) is 0.0492. The lowest BCUT2D eigenvalue weighted by Crippen LogP contribution is -2.35. The highest BCUT2D eigenvalue weighted by Gasteiger charge is 2.57. The van der Waals surface area contributed by atoms with Gasteiger partial charge in [-0.1, -0.05) is 170 Å². The molecule has 2 aromatic heterocycles. The van der Waals surface area contributed by atoms with Crippen molar-refractivity contribution in [2.24, 2.45) is 5.92 Å². The van der Waals surface area contributed by atoms with Crippen molar-refractivity contribution >= 4 is 44.4 Å². The number of aromatic nitrogens is 2. The monoisotopic (exact) mass is 800 g/mol. The molecule has 0 saturated carbocycles. The molecule has 0 saturated heterocycles. The maximum absolute atomic E-state index is 2.59. The number of hydrogen-bond donors (Lipinski definition) is 0. The molecule has 0 bridgehead atoms. The van der Waals surface area contributed by atoms with Gasteiger partial charge in [0.1, 0.15) is 0 Å². The zero-order valence-corrected chi connectivity index (χ0v) is 34.5. The molecule has 1 atom stereocenters. The van der Waals surface area contributed by atoms with E-state index in [9.17, 15) is 0 Å². The first-order valence-electron chi connectivity index (χ1n) is 22.2. The molecule has 0 N–H and O–H groups in total. The summed E-state index contributed by atoms with van der Waals surface area (Å²) >= 11 is 0. The SMILES string of the molecule is C1=C2c3cc4c5ccccc5n(-c5ccc(-c6ccccc6)cc5)c4cc3C3(c4ccccc4-c4ccccc43)C2Cc2c1c1ccccc1n2-c1cccc(-c2ccccc2)c1. The lowest BCUT2D eigenvalue weighted by atomic mass is 9.64. The van der Waals surface area contributed by atoms with Crippen LogP contribution in [0, 0.1) is 5.92 Å². The maximum atomic E-state index is 2.59. The average Bonchev–Trinajstić information content (AvgIpc) is 4.05. The Balaban J connectivity index is 1.05. The van der Waals surface area contributed by atoms with Crippen molar-refractivity contribution in [3.63, 3.8) is 0 Å². The Morgan fingerprint density at radius 2 is 0.937 bits per heavy atom. The van der Waals surface area contributed by atoms with Crippen molar-refractivity contribution in [3.8, 4) is 44.8 Å². The van der Waals surface area contributed by atoms with Gasteiger partial charge in [-0.2, -0.15) is 0 Å². The topological polar surface area (TPSA) is 9.86 Å². The minimum atomic E-state index is -0.397. The van der Waals surface area contributed by atoms with Crippen LogP contribution in [0.15, 0.2) is 218 Å². The third kappa shape index (κ3) is 4.73. The highest BCUT2D eigenvalue weighted by molar-refractivity contribution is 6.13. The van der Waals surface area contributed by atoms with Gasteiger partial charge in [0.15, 0.2) is 0 Å². The van der Waals surface area contributed by atoms with E-state index >= 15 is 0 Å². The van der Waals surface area contributed by atoms with Crippen LogP contribution in [0.4, 0.5) is 0 Å². The van der Waals surface area contributed by atoms with E-state index in [4.69, 9.17) is 0 Å². The molecule has 11 aromatic rings.